The van der Waals surface area contributed by atoms with E-state index in [0.717, 1.165) is 18.5 Å². The van der Waals surface area contributed by atoms with Crippen LogP contribution >= 0.6 is 0 Å². The zero-order valence-electron chi connectivity index (χ0n) is 14.0. The number of amides is 1. The Morgan fingerprint density at radius 1 is 1.25 bits per heavy atom. The minimum absolute atomic E-state index is 0.185. The van der Waals surface area contributed by atoms with Gasteiger partial charge in [-0.15, -0.1) is 0 Å². The summed E-state index contributed by atoms with van der Waals surface area (Å²) < 4.78 is 1.77. The first kappa shape index (κ1) is 16.2. The first-order valence-electron chi connectivity index (χ1n) is 7.98. The summed E-state index contributed by atoms with van der Waals surface area (Å²) in [6, 6.07) is 6.92. The third-order valence-electron chi connectivity index (χ3n) is 4.59. The number of benzene rings is 1. The lowest BCUT2D eigenvalue weighted by atomic mass is 9.85. The Labute approximate surface area is 140 Å². The van der Waals surface area contributed by atoms with Gasteiger partial charge in [-0.2, -0.15) is 5.10 Å². The minimum Gasteiger partial charge on any atom is -0.481 e. The summed E-state index contributed by atoms with van der Waals surface area (Å²) >= 11 is 0. The average Bonchev–Trinajstić information content (AvgIpc) is 3.29. The van der Waals surface area contributed by atoms with Crippen molar-refractivity contribution in [3.63, 3.8) is 0 Å². The number of carbonyl (C=O) groups is 2. The van der Waals surface area contributed by atoms with Crippen LogP contribution in [0.15, 0.2) is 30.5 Å². The Kier molecular flexibility index (Phi) is 3.91. The maximum atomic E-state index is 12.5. The monoisotopic (exact) mass is 327 g/mol. The number of carbonyl (C=O) groups excluding carboxylic acids is 1. The Morgan fingerprint density at radius 3 is 2.42 bits per heavy atom. The molecule has 0 radical (unpaired) electrons. The van der Waals surface area contributed by atoms with Crippen molar-refractivity contribution in [2.45, 2.75) is 38.0 Å². The summed E-state index contributed by atoms with van der Waals surface area (Å²) in [6.45, 7) is 3.31. The van der Waals surface area contributed by atoms with Crippen molar-refractivity contribution in [3.05, 3.63) is 47.3 Å². The van der Waals surface area contributed by atoms with Gasteiger partial charge in [-0.05, 0) is 44.4 Å². The van der Waals surface area contributed by atoms with Crippen LogP contribution in [0.25, 0.3) is 0 Å². The second-order valence-corrected chi connectivity index (χ2v) is 6.80. The number of aryl methyl sites for hydroxylation is 1. The summed E-state index contributed by atoms with van der Waals surface area (Å²) in [6.07, 6.45) is 3.79. The molecule has 1 amide bonds. The van der Waals surface area contributed by atoms with E-state index in [9.17, 15) is 14.7 Å². The van der Waals surface area contributed by atoms with Crippen molar-refractivity contribution in [1.82, 2.24) is 9.78 Å². The number of aliphatic carboxylic acids is 1. The SMILES string of the molecule is Cn1ncc(C(=O)Nc2ccc(C(C)(C)C(=O)O)cc2)c1C1CC1. The van der Waals surface area contributed by atoms with Gasteiger partial charge in [-0.25, -0.2) is 0 Å². The Balaban J connectivity index is 1.77. The van der Waals surface area contributed by atoms with E-state index in [4.69, 9.17) is 0 Å². The molecule has 6 heteroatoms. The summed E-state index contributed by atoms with van der Waals surface area (Å²) in [5.41, 5.74) is 1.94. The van der Waals surface area contributed by atoms with Crippen LogP contribution in [0.3, 0.4) is 0 Å². The molecule has 3 rings (SSSR count). The van der Waals surface area contributed by atoms with Gasteiger partial charge in [0.15, 0.2) is 0 Å². The summed E-state index contributed by atoms with van der Waals surface area (Å²) in [7, 11) is 1.85. The molecule has 1 heterocycles. The molecule has 1 aliphatic carbocycles. The van der Waals surface area contributed by atoms with E-state index in [1.807, 2.05) is 7.05 Å². The van der Waals surface area contributed by atoms with E-state index in [2.05, 4.69) is 10.4 Å². The molecule has 0 unspecified atom stereocenters. The van der Waals surface area contributed by atoms with Crippen molar-refractivity contribution in [2.24, 2.45) is 7.05 Å². The normalized spacial score (nSPS) is 14.5. The molecule has 1 aromatic heterocycles. The molecule has 1 fully saturated rings. The third kappa shape index (κ3) is 2.91. The van der Waals surface area contributed by atoms with Gasteiger partial charge < -0.3 is 10.4 Å². The maximum Gasteiger partial charge on any atom is 0.313 e. The van der Waals surface area contributed by atoms with Crippen LogP contribution in [0.1, 0.15) is 54.2 Å². The molecule has 1 aromatic carbocycles. The molecule has 0 saturated heterocycles. The molecular weight excluding hydrogens is 306 g/mol. The van der Waals surface area contributed by atoms with Crippen molar-refractivity contribution in [1.29, 1.82) is 0 Å². The van der Waals surface area contributed by atoms with Crippen molar-refractivity contribution >= 4 is 17.6 Å². The van der Waals surface area contributed by atoms with Gasteiger partial charge in [0, 0.05) is 18.7 Å². The third-order valence-corrected chi connectivity index (χ3v) is 4.59. The van der Waals surface area contributed by atoms with Crippen LogP contribution in [-0.4, -0.2) is 26.8 Å². The van der Waals surface area contributed by atoms with Crippen LogP contribution in [0.2, 0.25) is 0 Å². The highest BCUT2D eigenvalue weighted by Gasteiger charge is 2.32. The number of carboxylic acid groups (broad SMARTS) is 1. The van der Waals surface area contributed by atoms with Gasteiger partial charge >= 0.3 is 5.97 Å². The van der Waals surface area contributed by atoms with Gasteiger partial charge in [0.25, 0.3) is 5.91 Å². The van der Waals surface area contributed by atoms with E-state index in [1.165, 1.54) is 0 Å². The lowest BCUT2D eigenvalue weighted by molar-refractivity contribution is -0.142. The molecule has 2 N–H and O–H groups in total. The molecule has 0 aliphatic heterocycles. The van der Waals surface area contributed by atoms with Crippen LogP contribution < -0.4 is 5.32 Å². The number of rotatable bonds is 5. The molecule has 1 aliphatic rings. The predicted molar refractivity (Wildman–Crippen MR) is 90.2 cm³/mol. The number of anilines is 1. The molecule has 0 bridgehead atoms. The highest BCUT2D eigenvalue weighted by molar-refractivity contribution is 6.05. The van der Waals surface area contributed by atoms with Gasteiger partial charge in [-0.3, -0.25) is 14.3 Å². The lowest BCUT2D eigenvalue weighted by Crippen LogP contribution is -2.28. The highest BCUT2D eigenvalue weighted by Crippen LogP contribution is 2.41. The summed E-state index contributed by atoms with van der Waals surface area (Å²) in [5.74, 6) is -0.643. The number of hydrogen-bond acceptors (Lipinski definition) is 3. The molecule has 2 aromatic rings. The fraction of sp³-hybridized carbons (Fsp3) is 0.389. The van der Waals surface area contributed by atoms with E-state index >= 15 is 0 Å². The van der Waals surface area contributed by atoms with Gasteiger partial charge in [0.1, 0.15) is 0 Å². The summed E-state index contributed by atoms with van der Waals surface area (Å²) in [5, 5.41) is 16.3. The molecule has 0 atom stereocenters. The molecule has 6 nitrogen and oxygen atoms in total. The van der Waals surface area contributed by atoms with Crippen LogP contribution in [0.4, 0.5) is 5.69 Å². The zero-order valence-corrected chi connectivity index (χ0v) is 14.0. The predicted octanol–water partition coefficient (Wildman–Crippen LogP) is 2.91. The largest absolute Gasteiger partial charge is 0.481 e. The van der Waals surface area contributed by atoms with E-state index < -0.39 is 11.4 Å². The lowest BCUT2D eigenvalue weighted by Gasteiger charge is -2.19. The Morgan fingerprint density at radius 2 is 1.88 bits per heavy atom. The van der Waals surface area contributed by atoms with Gasteiger partial charge in [0.05, 0.1) is 22.9 Å². The first-order valence-corrected chi connectivity index (χ1v) is 7.98. The number of aromatic nitrogens is 2. The van der Waals surface area contributed by atoms with Crippen LogP contribution in [0, 0.1) is 0 Å². The maximum absolute atomic E-state index is 12.5. The van der Waals surface area contributed by atoms with E-state index in [1.54, 1.807) is 49.0 Å². The van der Waals surface area contributed by atoms with Crippen molar-refractivity contribution < 1.29 is 14.7 Å². The molecule has 0 spiro atoms. The van der Waals surface area contributed by atoms with E-state index in [0.29, 0.717) is 22.7 Å². The summed E-state index contributed by atoms with van der Waals surface area (Å²) in [4.78, 5) is 23.8. The topological polar surface area (TPSA) is 84.2 Å². The van der Waals surface area contributed by atoms with Gasteiger partial charge in [-0.1, -0.05) is 12.1 Å². The fourth-order valence-electron chi connectivity index (χ4n) is 2.75. The second-order valence-electron chi connectivity index (χ2n) is 6.80. The average molecular weight is 327 g/mol. The number of carboxylic acids is 1. The standard InChI is InChI=1S/C18H21N3O3/c1-18(2,17(23)24)12-6-8-13(9-7-12)20-16(22)14-10-19-21(3)15(14)11-4-5-11/h6-11H,4-5H2,1-3H3,(H,20,22)(H,23,24). The van der Waals surface area contributed by atoms with E-state index in [-0.39, 0.29) is 5.91 Å². The van der Waals surface area contributed by atoms with Crippen molar-refractivity contribution in [3.8, 4) is 0 Å². The quantitative estimate of drug-likeness (QED) is 0.884. The highest BCUT2D eigenvalue weighted by atomic mass is 16.4. The molecular formula is C18H21N3O3. The Bertz CT molecular complexity index is 786. The van der Waals surface area contributed by atoms with Crippen LogP contribution in [-0.2, 0) is 17.3 Å². The van der Waals surface area contributed by atoms with Gasteiger partial charge in [0.2, 0.25) is 0 Å². The second kappa shape index (κ2) is 5.78. The molecule has 24 heavy (non-hydrogen) atoms. The minimum atomic E-state index is -0.967. The number of nitrogens with zero attached hydrogens (tertiary/aromatic N) is 2. The first-order chi connectivity index (χ1) is 11.3. The molecule has 126 valence electrons. The zero-order chi connectivity index (χ0) is 17.5. The molecule has 1 saturated carbocycles. The van der Waals surface area contributed by atoms with Crippen LogP contribution in [0.5, 0.6) is 0 Å². The number of nitrogens with one attached hydrogen (secondary N) is 1. The van der Waals surface area contributed by atoms with Crippen molar-refractivity contribution in [2.75, 3.05) is 5.32 Å². The Hall–Kier alpha value is -2.63. The number of hydrogen-bond donors (Lipinski definition) is 2. The smallest absolute Gasteiger partial charge is 0.313 e. The fourth-order valence-corrected chi connectivity index (χ4v) is 2.75.